The summed E-state index contributed by atoms with van der Waals surface area (Å²) in [7, 11) is 0. The van der Waals surface area contributed by atoms with Crippen molar-refractivity contribution in [1.82, 2.24) is 9.78 Å². The van der Waals surface area contributed by atoms with Crippen LogP contribution in [0.15, 0.2) is 54.6 Å². The van der Waals surface area contributed by atoms with Crippen LogP contribution in [0.4, 0.5) is 21.7 Å². The van der Waals surface area contributed by atoms with Crippen molar-refractivity contribution in [1.29, 1.82) is 5.26 Å². The van der Waals surface area contributed by atoms with E-state index in [4.69, 9.17) is 5.73 Å². The van der Waals surface area contributed by atoms with Crippen LogP contribution in [-0.2, 0) is 6.54 Å². The Labute approximate surface area is 132 Å². The molecule has 5 nitrogen and oxygen atoms in total. The smallest absolute Gasteiger partial charge is 0.172 e. The minimum absolute atomic E-state index is 0.269. The van der Waals surface area contributed by atoms with Crippen molar-refractivity contribution in [3.8, 4) is 6.07 Å². The number of nitriles is 1. The van der Waals surface area contributed by atoms with Crippen LogP contribution in [0, 0.1) is 17.1 Å². The van der Waals surface area contributed by atoms with Crippen molar-refractivity contribution < 1.29 is 4.39 Å². The third kappa shape index (κ3) is 3.14. The van der Waals surface area contributed by atoms with Gasteiger partial charge in [0.2, 0.25) is 0 Å². The number of anilines is 3. The molecule has 3 rings (SSSR count). The van der Waals surface area contributed by atoms with E-state index in [0.29, 0.717) is 23.9 Å². The van der Waals surface area contributed by atoms with Crippen LogP contribution in [0.3, 0.4) is 0 Å². The Bertz CT molecular complexity index is 847. The maximum Gasteiger partial charge on any atom is 0.172 e. The molecular weight excluding hydrogens is 293 g/mol. The van der Waals surface area contributed by atoms with Crippen molar-refractivity contribution >= 4 is 17.3 Å². The van der Waals surface area contributed by atoms with Gasteiger partial charge in [0, 0.05) is 5.69 Å². The van der Waals surface area contributed by atoms with Crippen LogP contribution < -0.4 is 11.1 Å². The molecule has 6 heteroatoms. The molecule has 0 radical (unpaired) electrons. The van der Waals surface area contributed by atoms with E-state index in [1.54, 1.807) is 16.8 Å². The second kappa shape index (κ2) is 6.20. The van der Waals surface area contributed by atoms with Crippen molar-refractivity contribution in [3.05, 3.63) is 71.5 Å². The number of rotatable bonds is 4. The lowest BCUT2D eigenvalue weighted by molar-refractivity contribution is 0.628. The number of nitrogens with zero attached hydrogens (tertiary/aromatic N) is 3. The van der Waals surface area contributed by atoms with Gasteiger partial charge in [0.25, 0.3) is 0 Å². The molecule has 1 heterocycles. The average Bonchev–Trinajstić information content (AvgIpc) is 2.85. The Morgan fingerprint density at radius 3 is 2.48 bits per heavy atom. The van der Waals surface area contributed by atoms with Crippen molar-refractivity contribution in [3.63, 3.8) is 0 Å². The van der Waals surface area contributed by atoms with E-state index in [2.05, 4.69) is 16.5 Å². The predicted octanol–water partition coefficient (Wildman–Crippen LogP) is 3.27. The van der Waals surface area contributed by atoms with Gasteiger partial charge in [-0.25, -0.2) is 9.07 Å². The van der Waals surface area contributed by atoms with Crippen LogP contribution in [0.5, 0.6) is 0 Å². The second-order valence-corrected chi connectivity index (χ2v) is 5.00. The SMILES string of the molecule is N#Cc1c(Nc2ccc(F)cc2)nn(Cc2ccccc2)c1N. The summed E-state index contributed by atoms with van der Waals surface area (Å²) in [5, 5.41) is 16.7. The van der Waals surface area contributed by atoms with Gasteiger partial charge in [-0.05, 0) is 29.8 Å². The van der Waals surface area contributed by atoms with Crippen LogP contribution >= 0.6 is 0 Å². The third-order valence-electron chi connectivity index (χ3n) is 3.39. The number of hydrogen-bond donors (Lipinski definition) is 2. The van der Waals surface area contributed by atoms with Gasteiger partial charge in [0.1, 0.15) is 23.3 Å². The van der Waals surface area contributed by atoms with Crippen LogP contribution in [-0.4, -0.2) is 9.78 Å². The van der Waals surface area contributed by atoms with E-state index in [0.717, 1.165) is 5.56 Å². The first-order chi connectivity index (χ1) is 11.2. The van der Waals surface area contributed by atoms with E-state index >= 15 is 0 Å². The zero-order chi connectivity index (χ0) is 16.2. The maximum absolute atomic E-state index is 13.0. The Morgan fingerprint density at radius 1 is 1.13 bits per heavy atom. The van der Waals surface area contributed by atoms with Gasteiger partial charge in [0.15, 0.2) is 5.82 Å². The molecule has 0 unspecified atom stereocenters. The first kappa shape index (κ1) is 14.6. The largest absolute Gasteiger partial charge is 0.383 e. The highest BCUT2D eigenvalue weighted by Crippen LogP contribution is 2.25. The summed E-state index contributed by atoms with van der Waals surface area (Å²) in [4.78, 5) is 0. The highest BCUT2D eigenvalue weighted by atomic mass is 19.1. The summed E-state index contributed by atoms with van der Waals surface area (Å²) in [6.07, 6.45) is 0. The molecule has 1 aromatic heterocycles. The number of nitrogens with two attached hydrogens (primary N) is 1. The molecular formula is C17H14FN5. The first-order valence-electron chi connectivity index (χ1n) is 7.00. The number of benzene rings is 2. The summed E-state index contributed by atoms with van der Waals surface area (Å²) in [6.45, 7) is 0.465. The Balaban J connectivity index is 1.90. The van der Waals surface area contributed by atoms with E-state index in [9.17, 15) is 9.65 Å². The molecule has 2 aromatic carbocycles. The van der Waals surface area contributed by atoms with E-state index < -0.39 is 0 Å². The summed E-state index contributed by atoms with van der Waals surface area (Å²) in [5.74, 6) is 0.318. The maximum atomic E-state index is 13.0. The summed E-state index contributed by atoms with van der Waals surface area (Å²) in [6, 6.07) is 17.6. The van der Waals surface area contributed by atoms with E-state index in [-0.39, 0.29) is 11.4 Å². The lowest BCUT2D eigenvalue weighted by atomic mass is 10.2. The van der Waals surface area contributed by atoms with Crippen LogP contribution in [0.2, 0.25) is 0 Å². The quantitative estimate of drug-likeness (QED) is 0.775. The number of hydrogen-bond acceptors (Lipinski definition) is 4. The monoisotopic (exact) mass is 307 g/mol. The summed E-state index contributed by atoms with van der Waals surface area (Å²) >= 11 is 0. The lowest BCUT2D eigenvalue weighted by Crippen LogP contribution is -2.06. The van der Waals surface area contributed by atoms with Crippen LogP contribution in [0.25, 0.3) is 0 Å². The average molecular weight is 307 g/mol. The molecule has 0 atom stereocenters. The van der Waals surface area contributed by atoms with Crippen molar-refractivity contribution in [2.45, 2.75) is 6.54 Å². The van der Waals surface area contributed by atoms with Gasteiger partial charge in [-0.2, -0.15) is 10.4 Å². The minimum Gasteiger partial charge on any atom is -0.383 e. The molecule has 0 saturated carbocycles. The number of nitrogens with one attached hydrogen (secondary N) is 1. The fourth-order valence-corrected chi connectivity index (χ4v) is 2.22. The molecule has 0 aliphatic carbocycles. The molecule has 0 fully saturated rings. The molecule has 0 aliphatic rings. The summed E-state index contributed by atoms with van der Waals surface area (Å²) in [5.41, 5.74) is 7.95. The Morgan fingerprint density at radius 2 is 1.83 bits per heavy atom. The molecule has 0 bridgehead atoms. The molecule has 0 amide bonds. The van der Waals surface area contributed by atoms with Gasteiger partial charge in [-0.15, -0.1) is 0 Å². The first-order valence-corrected chi connectivity index (χ1v) is 7.00. The molecule has 3 N–H and O–H groups in total. The lowest BCUT2D eigenvalue weighted by Gasteiger charge is -2.04. The molecule has 114 valence electrons. The zero-order valence-electron chi connectivity index (χ0n) is 12.2. The van der Waals surface area contributed by atoms with Gasteiger partial charge in [-0.3, -0.25) is 0 Å². The number of nitrogen functional groups attached to an aromatic ring is 1. The highest BCUT2D eigenvalue weighted by molar-refractivity contribution is 5.69. The van der Waals surface area contributed by atoms with E-state index in [1.165, 1.54) is 12.1 Å². The highest BCUT2D eigenvalue weighted by Gasteiger charge is 2.15. The Hall–Kier alpha value is -3.33. The molecule has 23 heavy (non-hydrogen) atoms. The topological polar surface area (TPSA) is 79.7 Å². The molecule has 0 aliphatic heterocycles. The predicted molar refractivity (Wildman–Crippen MR) is 86.6 cm³/mol. The Kier molecular flexibility index (Phi) is 3.93. The van der Waals surface area contributed by atoms with Gasteiger partial charge in [-0.1, -0.05) is 30.3 Å². The molecule has 0 saturated heterocycles. The normalized spacial score (nSPS) is 10.3. The van der Waals surface area contributed by atoms with Crippen LogP contribution in [0.1, 0.15) is 11.1 Å². The van der Waals surface area contributed by atoms with Crippen molar-refractivity contribution in [2.75, 3.05) is 11.1 Å². The second-order valence-electron chi connectivity index (χ2n) is 5.00. The molecule has 3 aromatic rings. The third-order valence-corrected chi connectivity index (χ3v) is 3.39. The number of halogens is 1. The number of aromatic nitrogens is 2. The molecule has 0 spiro atoms. The van der Waals surface area contributed by atoms with Crippen molar-refractivity contribution in [2.24, 2.45) is 0 Å². The van der Waals surface area contributed by atoms with Gasteiger partial charge < -0.3 is 11.1 Å². The van der Waals surface area contributed by atoms with E-state index in [1.807, 2.05) is 30.3 Å². The van der Waals surface area contributed by atoms with Gasteiger partial charge in [0.05, 0.1) is 6.54 Å². The fourth-order valence-electron chi connectivity index (χ4n) is 2.22. The fraction of sp³-hybridized carbons (Fsp3) is 0.0588. The summed E-state index contributed by atoms with van der Waals surface area (Å²) < 4.78 is 14.5. The standard InChI is InChI=1S/C17H14FN5/c18-13-6-8-14(9-7-13)21-17-15(10-19)16(20)23(22-17)11-12-4-2-1-3-5-12/h1-9H,11,20H2,(H,21,22). The minimum atomic E-state index is -0.329. The van der Waals surface area contributed by atoms with Gasteiger partial charge >= 0.3 is 0 Å². The zero-order valence-corrected chi connectivity index (χ0v) is 12.2.